The number of benzene rings is 1. The zero-order chi connectivity index (χ0) is 21.8. The number of fused-ring (bicyclic) bond motifs is 1. The van der Waals surface area contributed by atoms with E-state index in [0.29, 0.717) is 41.7 Å². The van der Waals surface area contributed by atoms with E-state index in [2.05, 4.69) is 25.7 Å². The van der Waals surface area contributed by atoms with Crippen LogP contribution in [0.15, 0.2) is 59.9 Å². The Bertz CT molecular complexity index is 1090. The molecule has 9 heteroatoms. The summed E-state index contributed by atoms with van der Waals surface area (Å²) in [5.41, 5.74) is 2.07. The third-order valence-corrected chi connectivity index (χ3v) is 5.04. The van der Waals surface area contributed by atoms with E-state index < -0.39 is 6.04 Å². The van der Waals surface area contributed by atoms with Crippen LogP contribution in [0.1, 0.15) is 30.8 Å². The topological polar surface area (TPSA) is 114 Å². The Labute approximate surface area is 179 Å². The van der Waals surface area contributed by atoms with Crippen LogP contribution in [0.3, 0.4) is 0 Å². The van der Waals surface area contributed by atoms with Gasteiger partial charge in [0.05, 0.1) is 12.7 Å². The van der Waals surface area contributed by atoms with Crippen molar-refractivity contribution in [2.75, 3.05) is 24.4 Å². The second kappa shape index (κ2) is 8.97. The number of nitrogens with zero attached hydrogens (tertiary/aromatic N) is 4. The number of aryl methyl sites for hydroxylation is 1. The molecule has 3 aromatic rings. The zero-order valence-electron chi connectivity index (χ0n) is 17.4. The van der Waals surface area contributed by atoms with E-state index >= 15 is 0 Å². The molecular weight excluding hydrogens is 396 g/mol. The molecule has 0 saturated carbocycles. The highest BCUT2D eigenvalue weighted by atomic mass is 16.5. The molecule has 1 aliphatic heterocycles. The summed E-state index contributed by atoms with van der Waals surface area (Å²) in [6.07, 6.45) is 2.73. The number of aliphatic hydroxyl groups is 1. The maximum absolute atomic E-state index is 13.3. The molecule has 1 aliphatic rings. The normalized spacial score (nSPS) is 15.3. The van der Waals surface area contributed by atoms with Crippen LogP contribution >= 0.6 is 0 Å². The lowest BCUT2D eigenvalue weighted by molar-refractivity contribution is -0.113. The maximum Gasteiger partial charge on any atom is 0.257 e. The van der Waals surface area contributed by atoms with Crippen LogP contribution in [-0.4, -0.2) is 44.5 Å². The summed E-state index contributed by atoms with van der Waals surface area (Å²) in [7, 11) is 1.61. The van der Waals surface area contributed by atoms with Crippen molar-refractivity contribution in [2.24, 2.45) is 0 Å². The van der Waals surface area contributed by atoms with Gasteiger partial charge in [-0.15, -0.1) is 0 Å². The van der Waals surface area contributed by atoms with E-state index in [9.17, 15) is 4.79 Å². The molecule has 1 aromatic carbocycles. The van der Waals surface area contributed by atoms with E-state index in [1.54, 1.807) is 30.1 Å². The molecule has 0 spiro atoms. The van der Waals surface area contributed by atoms with Crippen LogP contribution in [0, 0.1) is 0 Å². The third kappa shape index (κ3) is 4.26. The predicted molar refractivity (Wildman–Crippen MR) is 116 cm³/mol. The Hall–Kier alpha value is -3.72. The smallest absolute Gasteiger partial charge is 0.257 e. The molecule has 1 atom stereocenters. The lowest BCUT2D eigenvalue weighted by atomic mass is 9.95. The summed E-state index contributed by atoms with van der Waals surface area (Å²) in [6.45, 7) is 1.91. The maximum atomic E-state index is 13.3. The quantitative estimate of drug-likeness (QED) is 0.538. The molecule has 0 bridgehead atoms. The number of methoxy groups -OCH3 is 1. The van der Waals surface area contributed by atoms with E-state index in [1.165, 1.54) is 0 Å². The highest BCUT2D eigenvalue weighted by molar-refractivity contribution is 6.05. The number of nitrogens with one attached hydrogen (secondary N) is 2. The van der Waals surface area contributed by atoms with Gasteiger partial charge in [0.25, 0.3) is 5.91 Å². The molecule has 3 N–H and O–H groups in total. The highest BCUT2D eigenvalue weighted by Crippen LogP contribution is 2.36. The lowest BCUT2D eigenvalue weighted by Gasteiger charge is -2.28. The number of allylic oxidation sites excluding steroid dienone is 1. The molecule has 3 heterocycles. The highest BCUT2D eigenvalue weighted by Gasteiger charge is 2.34. The van der Waals surface area contributed by atoms with E-state index in [-0.39, 0.29) is 12.5 Å². The summed E-state index contributed by atoms with van der Waals surface area (Å²) in [5.74, 6) is 2.08. The molecule has 31 heavy (non-hydrogen) atoms. The predicted octanol–water partition coefficient (Wildman–Crippen LogP) is 2.53. The van der Waals surface area contributed by atoms with Crippen molar-refractivity contribution in [1.82, 2.24) is 19.7 Å². The van der Waals surface area contributed by atoms with Crippen molar-refractivity contribution < 1.29 is 14.6 Å². The lowest BCUT2D eigenvalue weighted by Crippen LogP contribution is -2.31. The minimum atomic E-state index is -0.485. The van der Waals surface area contributed by atoms with Gasteiger partial charge >= 0.3 is 0 Å². The fraction of sp³-hybridized carbons (Fsp3) is 0.273. The van der Waals surface area contributed by atoms with Crippen LogP contribution in [0.25, 0.3) is 0 Å². The van der Waals surface area contributed by atoms with Crippen LogP contribution in [0.2, 0.25) is 0 Å². The molecule has 0 radical (unpaired) electrons. The third-order valence-electron chi connectivity index (χ3n) is 5.04. The number of anilines is 2. The first-order valence-corrected chi connectivity index (χ1v) is 10.0. The molecule has 1 unspecified atom stereocenters. The van der Waals surface area contributed by atoms with Gasteiger partial charge in [-0.2, -0.15) is 10.1 Å². The van der Waals surface area contributed by atoms with Crippen LogP contribution in [0.5, 0.6) is 5.75 Å². The number of hydrogen-bond acceptors (Lipinski definition) is 7. The molecule has 0 fully saturated rings. The van der Waals surface area contributed by atoms with Gasteiger partial charge in [-0.1, -0.05) is 18.2 Å². The van der Waals surface area contributed by atoms with Crippen LogP contribution in [0.4, 0.5) is 11.8 Å². The van der Waals surface area contributed by atoms with E-state index in [1.807, 2.05) is 37.3 Å². The largest absolute Gasteiger partial charge is 0.497 e. The monoisotopic (exact) mass is 420 g/mol. The standard InChI is InChI=1S/C22H24N6O3/c1-14-19(21(30)25-17-6-3-4-12-23-17)20(15-8-10-16(31-2)11-9-15)28-22(24-14)26-18(27-28)7-5-13-29/h3-4,6,8-12,20,29H,5,7,13H2,1-2H3,(H,23,25,30)(H,24,26,27). The summed E-state index contributed by atoms with van der Waals surface area (Å²) < 4.78 is 7.00. The fourth-order valence-electron chi connectivity index (χ4n) is 3.55. The first-order valence-electron chi connectivity index (χ1n) is 10.0. The number of pyridine rings is 1. The van der Waals surface area contributed by atoms with Gasteiger partial charge in [0.2, 0.25) is 5.95 Å². The van der Waals surface area contributed by atoms with Gasteiger partial charge < -0.3 is 20.5 Å². The van der Waals surface area contributed by atoms with Gasteiger partial charge in [0.1, 0.15) is 17.6 Å². The second-order valence-electron chi connectivity index (χ2n) is 7.13. The Balaban J connectivity index is 1.75. The molecule has 1 amide bonds. The van der Waals surface area contributed by atoms with Gasteiger partial charge in [0.15, 0.2) is 5.82 Å². The van der Waals surface area contributed by atoms with Gasteiger partial charge in [-0.25, -0.2) is 9.67 Å². The summed E-state index contributed by atoms with van der Waals surface area (Å²) in [4.78, 5) is 22.0. The van der Waals surface area contributed by atoms with E-state index in [4.69, 9.17) is 9.84 Å². The van der Waals surface area contributed by atoms with Crippen molar-refractivity contribution in [3.8, 4) is 5.75 Å². The number of carbonyl (C=O) groups is 1. The number of rotatable bonds is 7. The average molecular weight is 420 g/mol. The number of carbonyl (C=O) groups excluding carboxylic acids is 1. The van der Waals surface area contributed by atoms with Crippen molar-refractivity contribution in [1.29, 1.82) is 0 Å². The van der Waals surface area contributed by atoms with Crippen molar-refractivity contribution in [3.05, 3.63) is 71.3 Å². The minimum Gasteiger partial charge on any atom is -0.497 e. The molecule has 0 saturated heterocycles. The van der Waals surface area contributed by atoms with E-state index in [0.717, 1.165) is 11.3 Å². The summed E-state index contributed by atoms with van der Waals surface area (Å²) in [5, 5.41) is 19.8. The number of hydrogen-bond donors (Lipinski definition) is 3. The van der Waals surface area contributed by atoms with Crippen molar-refractivity contribution >= 4 is 17.7 Å². The second-order valence-corrected chi connectivity index (χ2v) is 7.13. The van der Waals surface area contributed by atoms with Crippen LogP contribution in [-0.2, 0) is 11.2 Å². The van der Waals surface area contributed by atoms with Crippen LogP contribution < -0.4 is 15.4 Å². The Morgan fingerprint density at radius 1 is 1.26 bits per heavy atom. The zero-order valence-corrected chi connectivity index (χ0v) is 17.4. The molecule has 2 aromatic heterocycles. The van der Waals surface area contributed by atoms with Crippen molar-refractivity contribution in [3.63, 3.8) is 0 Å². The first-order chi connectivity index (χ1) is 15.1. The number of ether oxygens (including phenoxy) is 1. The minimum absolute atomic E-state index is 0.0637. The fourth-order valence-corrected chi connectivity index (χ4v) is 3.55. The Kier molecular flexibility index (Phi) is 5.94. The Morgan fingerprint density at radius 3 is 2.74 bits per heavy atom. The Morgan fingerprint density at radius 2 is 2.06 bits per heavy atom. The SMILES string of the molecule is COc1ccc(C2C(C(=O)Nc3ccccn3)=C(C)Nc3nc(CCCO)nn32)cc1. The summed E-state index contributed by atoms with van der Waals surface area (Å²) >= 11 is 0. The van der Waals surface area contributed by atoms with Crippen molar-refractivity contribution in [2.45, 2.75) is 25.8 Å². The summed E-state index contributed by atoms with van der Waals surface area (Å²) in [6, 6.07) is 12.4. The van der Waals surface area contributed by atoms with Gasteiger partial charge in [0, 0.05) is 24.9 Å². The number of amides is 1. The van der Waals surface area contributed by atoms with Gasteiger partial charge in [-0.3, -0.25) is 4.79 Å². The number of aliphatic hydroxyl groups excluding tert-OH is 1. The first kappa shape index (κ1) is 20.5. The number of aromatic nitrogens is 4. The molecule has 160 valence electrons. The average Bonchev–Trinajstić information content (AvgIpc) is 3.19. The van der Waals surface area contributed by atoms with Gasteiger partial charge in [-0.05, 0) is 43.2 Å². The molecular formula is C22H24N6O3. The molecule has 9 nitrogen and oxygen atoms in total. The molecule has 4 rings (SSSR count). The molecule has 0 aliphatic carbocycles.